The van der Waals surface area contributed by atoms with Crippen LogP contribution in [-0.2, 0) is 4.74 Å². The molecule has 0 amide bonds. The van der Waals surface area contributed by atoms with Crippen LogP contribution in [0.4, 0.5) is 0 Å². The minimum absolute atomic E-state index is 0.232. The molecule has 0 spiro atoms. The van der Waals surface area contributed by atoms with Crippen molar-refractivity contribution in [2.75, 3.05) is 52.5 Å². The number of piperazine rings is 1. The molecule has 2 N–H and O–H groups in total. The van der Waals surface area contributed by atoms with Gasteiger partial charge < -0.3 is 14.9 Å². The molecule has 0 unspecified atom stereocenters. The summed E-state index contributed by atoms with van der Waals surface area (Å²) in [7, 11) is 0. The Balaban J connectivity index is 1.59. The highest BCUT2D eigenvalue weighted by Gasteiger charge is 2.25. The Morgan fingerprint density at radius 1 is 1.15 bits per heavy atom. The lowest BCUT2D eigenvalue weighted by Crippen LogP contribution is -2.49. The van der Waals surface area contributed by atoms with Crippen molar-refractivity contribution in [2.45, 2.75) is 38.4 Å². The zero-order chi connectivity index (χ0) is 14.4. The predicted molar refractivity (Wildman–Crippen MR) is 78.7 cm³/mol. The van der Waals surface area contributed by atoms with E-state index in [0.717, 1.165) is 39.1 Å². The number of hydrogen-bond donors (Lipinski definition) is 2. The standard InChI is InChI=1S/C15H30N2O3/c1-13-3-2-4-15(13)20-12-14(19)11-17-7-5-16(6-8-17)9-10-18/h13-15,18-19H,2-12H2,1H3/t13-,14+,15-/m0/s1. The number of hydrogen-bond acceptors (Lipinski definition) is 5. The third-order valence-electron chi connectivity index (χ3n) is 4.64. The van der Waals surface area contributed by atoms with E-state index in [4.69, 9.17) is 9.84 Å². The number of aliphatic hydroxyl groups is 2. The minimum atomic E-state index is -0.382. The van der Waals surface area contributed by atoms with Gasteiger partial charge in [-0.15, -0.1) is 0 Å². The number of rotatable bonds is 7. The van der Waals surface area contributed by atoms with E-state index in [1.165, 1.54) is 12.8 Å². The van der Waals surface area contributed by atoms with Gasteiger partial charge in [0, 0.05) is 39.3 Å². The van der Waals surface area contributed by atoms with Crippen LogP contribution in [0.2, 0.25) is 0 Å². The van der Waals surface area contributed by atoms with Crippen molar-refractivity contribution in [1.82, 2.24) is 9.80 Å². The zero-order valence-corrected chi connectivity index (χ0v) is 12.7. The highest BCUT2D eigenvalue weighted by Crippen LogP contribution is 2.27. The van der Waals surface area contributed by atoms with Crippen molar-refractivity contribution in [2.24, 2.45) is 5.92 Å². The Bertz CT molecular complexity index is 270. The Morgan fingerprint density at radius 2 is 1.85 bits per heavy atom. The van der Waals surface area contributed by atoms with Gasteiger partial charge >= 0.3 is 0 Å². The Labute approximate surface area is 122 Å². The Morgan fingerprint density at radius 3 is 2.45 bits per heavy atom. The lowest BCUT2D eigenvalue weighted by molar-refractivity contribution is -0.0358. The second-order valence-corrected chi connectivity index (χ2v) is 6.30. The smallest absolute Gasteiger partial charge is 0.0900 e. The second kappa shape index (κ2) is 8.29. The fraction of sp³-hybridized carbons (Fsp3) is 1.00. The average Bonchev–Trinajstić information content (AvgIpc) is 2.84. The first kappa shape index (κ1) is 16.2. The van der Waals surface area contributed by atoms with Gasteiger partial charge in [0.2, 0.25) is 0 Å². The number of ether oxygens (including phenoxy) is 1. The Hall–Kier alpha value is -0.200. The monoisotopic (exact) mass is 286 g/mol. The summed E-state index contributed by atoms with van der Waals surface area (Å²) in [6.07, 6.45) is 3.63. The molecule has 3 atom stereocenters. The summed E-state index contributed by atoms with van der Waals surface area (Å²) in [5, 5.41) is 19.0. The molecule has 2 fully saturated rings. The molecule has 1 aliphatic heterocycles. The van der Waals surface area contributed by atoms with Crippen molar-refractivity contribution in [1.29, 1.82) is 0 Å². The van der Waals surface area contributed by atoms with Gasteiger partial charge in [-0.1, -0.05) is 13.3 Å². The van der Waals surface area contributed by atoms with Gasteiger partial charge in [-0.3, -0.25) is 9.80 Å². The largest absolute Gasteiger partial charge is 0.395 e. The van der Waals surface area contributed by atoms with Crippen LogP contribution in [0.3, 0.4) is 0 Å². The van der Waals surface area contributed by atoms with Crippen molar-refractivity contribution in [3.63, 3.8) is 0 Å². The normalized spacial score (nSPS) is 30.8. The van der Waals surface area contributed by atoms with Crippen LogP contribution in [0.15, 0.2) is 0 Å². The lowest BCUT2D eigenvalue weighted by Gasteiger charge is -2.35. The molecule has 0 aromatic heterocycles. The summed E-state index contributed by atoms with van der Waals surface area (Å²) in [4.78, 5) is 4.56. The molecule has 2 rings (SSSR count). The van der Waals surface area contributed by atoms with E-state index >= 15 is 0 Å². The number of nitrogens with zero attached hydrogens (tertiary/aromatic N) is 2. The van der Waals surface area contributed by atoms with Crippen LogP contribution in [0.1, 0.15) is 26.2 Å². The van der Waals surface area contributed by atoms with Gasteiger partial charge in [0.1, 0.15) is 0 Å². The molecule has 0 aromatic carbocycles. The topological polar surface area (TPSA) is 56.2 Å². The second-order valence-electron chi connectivity index (χ2n) is 6.30. The molecule has 20 heavy (non-hydrogen) atoms. The van der Waals surface area contributed by atoms with E-state index in [0.29, 0.717) is 25.2 Å². The fourth-order valence-electron chi connectivity index (χ4n) is 3.28. The molecule has 1 saturated carbocycles. The first-order valence-electron chi connectivity index (χ1n) is 8.04. The predicted octanol–water partition coefficient (Wildman–Crippen LogP) is 0.162. The third-order valence-corrected chi connectivity index (χ3v) is 4.64. The van der Waals surface area contributed by atoms with Gasteiger partial charge in [0.05, 0.1) is 25.4 Å². The van der Waals surface area contributed by atoms with Crippen molar-refractivity contribution >= 4 is 0 Å². The van der Waals surface area contributed by atoms with Crippen molar-refractivity contribution in [3.05, 3.63) is 0 Å². The summed E-state index contributed by atoms with van der Waals surface area (Å²) in [6.45, 7) is 8.30. The molecular weight excluding hydrogens is 256 g/mol. The maximum absolute atomic E-state index is 10.1. The SMILES string of the molecule is C[C@H]1CCC[C@@H]1OC[C@H](O)CN1CCN(CCO)CC1. The minimum Gasteiger partial charge on any atom is -0.395 e. The van der Waals surface area contributed by atoms with E-state index in [9.17, 15) is 5.11 Å². The summed E-state index contributed by atoms with van der Waals surface area (Å²) in [6, 6.07) is 0. The third kappa shape index (κ3) is 4.97. The summed E-state index contributed by atoms with van der Waals surface area (Å²) in [5.41, 5.74) is 0. The zero-order valence-electron chi connectivity index (χ0n) is 12.7. The molecule has 118 valence electrons. The maximum atomic E-state index is 10.1. The van der Waals surface area contributed by atoms with E-state index in [1.807, 2.05) is 0 Å². The molecule has 0 bridgehead atoms. The molecule has 0 aromatic rings. The van der Waals surface area contributed by atoms with Gasteiger partial charge in [0.25, 0.3) is 0 Å². The quantitative estimate of drug-likeness (QED) is 0.698. The molecule has 5 nitrogen and oxygen atoms in total. The molecule has 2 aliphatic rings. The number of aliphatic hydroxyl groups excluding tert-OH is 2. The van der Waals surface area contributed by atoms with Crippen LogP contribution in [0.5, 0.6) is 0 Å². The van der Waals surface area contributed by atoms with E-state index < -0.39 is 0 Å². The Kier molecular flexibility index (Phi) is 6.71. The number of β-amino-alcohol motifs (C(OH)–C–C–N with tert-alkyl or cyclic N) is 2. The van der Waals surface area contributed by atoms with Crippen LogP contribution in [0, 0.1) is 5.92 Å². The van der Waals surface area contributed by atoms with Gasteiger partial charge in [-0.25, -0.2) is 0 Å². The highest BCUT2D eigenvalue weighted by molar-refractivity contribution is 4.77. The van der Waals surface area contributed by atoms with Crippen LogP contribution < -0.4 is 0 Å². The van der Waals surface area contributed by atoms with E-state index in [1.54, 1.807) is 0 Å². The lowest BCUT2D eigenvalue weighted by atomic mass is 10.1. The van der Waals surface area contributed by atoms with Crippen molar-refractivity contribution < 1.29 is 14.9 Å². The molecular formula is C15H30N2O3. The van der Waals surface area contributed by atoms with Crippen LogP contribution in [0.25, 0.3) is 0 Å². The van der Waals surface area contributed by atoms with E-state index in [-0.39, 0.29) is 12.7 Å². The van der Waals surface area contributed by atoms with Crippen LogP contribution in [-0.4, -0.2) is 84.7 Å². The summed E-state index contributed by atoms with van der Waals surface area (Å²) < 4.78 is 5.86. The molecule has 1 saturated heterocycles. The molecule has 5 heteroatoms. The van der Waals surface area contributed by atoms with Gasteiger partial charge in [0.15, 0.2) is 0 Å². The van der Waals surface area contributed by atoms with Gasteiger partial charge in [-0.05, 0) is 18.8 Å². The highest BCUT2D eigenvalue weighted by atomic mass is 16.5. The van der Waals surface area contributed by atoms with Gasteiger partial charge in [-0.2, -0.15) is 0 Å². The molecule has 1 heterocycles. The van der Waals surface area contributed by atoms with Crippen LogP contribution >= 0.6 is 0 Å². The fourth-order valence-corrected chi connectivity index (χ4v) is 3.28. The first-order chi connectivity index (χ1) is 9.69. The average molecular weight is 286 g/mol. The van der Waals surface area contributed by atoms with E-state index in [2.05, 4.69) is 16.7 Å². The molecule has 0 radical (unpaired) electrons. The van der Waals surface area contributed by atoms with Crippen molar-refractivity contribution in [3.8, 4) is 0 Å². The maximum Gasteiger partial charge on any atom is 0.0900 e. The first-order valence-corrected chi connectivity index (χ1v) is 8.04. The molecule has 1 aliphatic carbocycles. The summed E-state index contributed by atoms with van der Waals surface area (Å²) in [5.74, 6) is 0.643. The summed E-state index contributed by atoms with van der Waals surface area (Å²) >= 11 is 0.